The molecule has 0 aliphatic heterocycles. The lowest BCUT2D eigenvalue weighted by molar-refractivity contribution is -0.121. The van der Waals surface area contributed by atoms with Gasteiger partial charge >= 0.3 is 0 Å². The molecular formula is C12H20ClN3O3S2. The summed E-state index contributed by atoms with van der Waals surface area (Å²) >= 11 is 6.71. The van der Waals surface area contributed by atoms with Crippen molar-refractivity contribution in [2.45, 2.75) is 10.6 Å². The predicted molar refractivity (Wildman–Crippen MR) is 85.3 cm³/mol. The van der Waals surface area contributed by atoms with Crippen LogP contribution in [0.25, 0.3) is 0 Å². The number of halogens is 1. The first-order valence-electron chi connectivity index (χ1n) is 6.36. The zero-order valence-corrected chi connectivity index (χ0v) is 14.7. The first-order chi connectivity index (χ1) is 9.73. The Kier molecular flexibility index (Phi) is 7.08. The summed E-state index contributed by atoms with van der Waals surface area (Å²) < 4.78 is 25.9. The number of thiophene rings is 1. The van der Waals surface area contributed by atoms with Crippen molar-refractivity contribution in [2.24, 2.45) is 0 Å². The Balaban J connectivity index is 2.48. The van der Waals surface area contributed by atoms with Crippen LogP contribution < -0.4 is 5.32 Å². The maximum atomic E-state index is 12.2. The number of amides is 1. The second kappa shape index (κ2) is 8.09. The average molecular weight is 354 g/mol. The van der Waals surface area contributed by atoms with Gasteiger partial charge in [0.15, 0.2) is 0 Å². The van der Waals surface area contributed by atoms with Crippen LogP contribution in [0.2, 0.25) is 4.34 Å². The number of sulfonamides is 1. The Morgan fingerprint density at radius 2 is 2.00 bits per heavy atom. The summed E-state index contributed by atoms with van der Waals surface area (Å²) in [4.78, 5) is 13.7. The summed E-state index contributed by atoms with van der Waals surface area (Å²) in [7, 11) is 1.62. The Hall–Kier alpha value is -0.670. The van der Waals surface area contributed by atoms with Crippen molar-refractivity contribution in [1.82, 2.24) is 14.5 Å². The largest absolute Gasteiger partial charge is 0.355 e. The molecule has 1 aromatic rings. The monoisotopic (exact) mass is 353 g/mol. The van der Waals surface area contributed by atoms with Crippen molar-refractivity contribution in [1.29, 1.82) is 0 Å². The number of hydrogen-bond acceptors (Lipinski definition) is 5. The molecule has 0 saturated carbocycles. The highest BCUT2D eigenvalue weighted by atomic mass is 35.5. The molecule has 0 fully saturated rings. The molecule has 9 heteroatoms. The fourth-order valence-electron chi connectivity index (χ4n) is 1.56. The minimum absolute atomic E-state index is 0.135. The molecule has 1 rings (SSSR count). The fraction of sp³-hybridized carbons (Fsp3) is 0.583. The van der Waals surface area contributed by atoms with E-state index in [4.69, 9.17) is 11.6 Å². The average Bonchev–Trinajstić information content (AvgIpc) is 2.81. The third-order valence-corrected chi connectivity index (χ3v) is 6.19. The van der Waals surface area contributed by atoms with Crippen molar-refractivity contribution in [3.63, 3.8) is 0 Å². The second-order valence-corrected chi connectivity index (χ2v) is 8.81. The van der Waals surface area contributed by atoms with E-state index in [2.05, 4.69) is 5.32 Å². The number of nitrogens with zero attached hydrogens (tertiary/aromatic N) is 2. The van der Waals surface area contributed by atoms with Gasteiger partial charge in [-0.1, -0.05) is 11.6 Å². The van der Waals surface area contributed by atoms with Gasteiger partial charge in [0, 0.05) is 13.6 Å². The van der Waals surface area contributed by atoms with Crippen LogP contribution in [0.5, 0.6) is 0 Å². The normalized spacial score (nSPS) is 12.1. The predicted octanol–water partition coefficient (Wildman–Crippen LogP) is 1.09. The smallest absolute Gasteiger partial charge is 0.252 e. The molecule has 0 aliphatic rings. The standard InChI is InChI=1S/C12H20ClN3O3S2/c1-15(2)8-4-7-14-11(17)9-16(3)21(18,19)12-6-5-10(13)20-12/h5-6H,4,7-9H2,1-3H3,(H,14,17). The molecule has 120 valence electrons. The van der Waals surface area contributed by atoms with Crippen molar-refractivity contribution >= 4 is 38.9 Å². The van der Waals surface area contributed by atoms with Crippen LogP contribution in [0.1, 0.15) is 6.42 Å². The van der Waals surface area contributed by atoms with Gasteiger partial charge in [-0.15, -0.1) is 11.3 Å². The number of nitrogens with one attached hydrogen (secondary N) is 1. The molecule has 0 spiro atoms. The van der Waals surface area contributed by atoms with Crippen LogP contribution in [0.3, 0.4) is 0 Å². The Morgan fingerprint density at radius 3 is 2.52 bits per heavy atom. The van der Waals surface area contributed by atoms with Gasteiger partial charge in [0.1, 0.15) is 4.21 Å². The van der Waals surface area contributed by atoms with Gasteiger partial charge in [-0.3, -0.25) is 4.79 Å². The van der Waals surface area contributed by atoms with E-state index in [0.717, 1.165) is 28.6 Å². The van der Waals surface area contributed by atoms with Crippen LogP contribution in [0, 0.1) is 0 Å². The van der Waals surface area contributed by atoms with Gasteiger partial charge in [-0.2, -0.15) is 4.31 Å². The van der Waals surface area contributed by atoms with Crippen molar-refractivity contribution < 1.29 is 13.2 Å². The van der Waals surface area contributed by atoms with E-state index in [-0.39, 0.29) is 16.7 Å². The molecule has 21 heavy (non-hydrogen) atoms. The van der Waals surface area contributed by atoms with Gasteiger partial charge in [0.25, 0.3) is 10.0 Å². The minimum atomic E-state index is -3.66. The van der Waals surface area contributed by atoms with E-state index in [0.29, 0.717) is 10.9 Å². The second-order valence-electron chi connectivity index (χ2n) is 4.83. The summed E-state index contributed by atoms with van der Waals surface area (Å²) in [6, 6.07) is 2.96. The van der Waals surface area contributed by atoms with E-state index in [9.17, 15) is 13.2 Å². The maximum Gasteiger partial charge on any atom is 0.252 e. The fourth-order valence-corrected chi connectivity index (χ4v) is 4.38. The maximum absolute atomic E-state index is 12.2. The van der Waals surface area contributed by atoms with Crippen LogP contribution >= 0.6 is 22.9 Å². The molecule has 6 nitrogen and oxygen atoms in total. The lowest BCUT2D eigenvalue weighted by atomic mass is 10.4. The van der Waals surface area contributed by atoms with E-state index in [1.807, 2.05) is 19.0 Å². The van der Waals surface area contributed by atoms with Crippen molar-refractivity contribution in [3.8, 4) is 0 Å². The molecule has 0 bridgehead atoms. The van der Waals surface area contributed by atoms with E-state index in [1.54, 1.807) is 0 Å². The van der Waals surface area contributed by atoms with Gasteiger partial charge in [-0.25, -0.2) is 8.42 Å². The van der Waals surface area contributed by atoms with E-state index < -0.39 is 10.0 Å². The molecule has 1 heterocycles. The highest BCUT2D eigenvalue weighted by molar-refractivity contribution is 7.91. The molecule has 0 radical (unpaired) electrons. The number of carbonyl (C=O) groups excluding carboxylic acids is 1. The molecule has 1 N–H and O–H groups in total. The summed E-state index contributed by atoms with van der Waals surface area (Å²) in [6.07, 6.45) is 0.815. The Labute approximate surface area is 134 Å². The van der Waals surface area contributed by atoms with Crippen molar-refractivity contribution in [2.75, 3.05) is 40.8 Å². The highest BCUT2D eigenvalue weighted by Crippen LogP contribution is 2.27. The van der Waals surface area contributed by atoms with E-state index >= 15 is 0 Å². The zero-order valence-electron chi connectivity index (χ0n) is 12.3. The third-order valence-electron chi connectivity index (χ3n) is 2.68. The third kappa shape index (κ3) is 5.91. The van der Waals surface area contributed by atoms with Crippen molar-refractivity contribution in [3.05, 3.63) is 16.5 Å². The van der Waals surface area contributed by atoms with Gasteiger partial charge in [0.05, 0.1) is 10.9 Å². The molecular weight excluding hydrogens is 334 g/mol. The molecule has 0 aliphatic carbocycles. The van der Waals surface area contributed by atoms with Gasteiger partial charge in [-0.05, 0) is 39.2 Å². The quantitative estimate of drug-likeness (QED) is 0.710. The Morgan fingerprint density at radius 1 is 1.33 bits per heavy atom. The topological polar surface area (TPSA) is 69.7 Å². The summed E-state index contributed by atoms with van der Waals surface area (Å²) in [5.74, 6) is -0.317. The number of rotatable bonds is 8. The van der Waals surface area contributed by atoms with Gasteiger partial charge < -0.3 is 10.2 Å². The first-order valence-corrected chi connectivity index (χ1v) is 9.00. The van der Waals surface area contributed by atoms with Gasteiger partial charge in [0.2, 0.25) is 5.91 Å². The molecule has 0 aromatic carbocycles. The number of hydrogen-bond donors (Lipinski definition) is 1. The van der Waals surface area contributed by atoms with Crippen LogP contribution in [-0.4, -0.2) is 64.3 Å². The summed E-state index contributed by atoms with van der Waals surface area (Å²) in [5, 5.41) is 2.70. The lowest BCUT2D eigenvalue weighted by Gasteiger charge is -2.16. The van der Waals surface area contributed by atoms with Crippen LogP contribution in [-0.2, 0) is 14.8 Å². The van der Waals surface area contributed by atoms with E-state index in [1.165, 1.54) is 19.2 Å². The SMILES string of the molecule is CN(C)CCCNC(=O)CN(C)S(=O)(=O)c1ccc(Cl)s1. The Bertz CT molecular complexity index is 572. The van der Waals surface area contributed by atoms with Crippen LogP contribution in [0.15, 0.2) is 16.3 Å². The molecule has 1 aromatic heterocycles. The molecule has 0 unspecified atom stereocenters. The summed E-state index contributed by atoms with van der Waals surface area (Å²) in [6.45, 7) is 1.18. The molecule has 1 amide bonds. The highest BCUT2D eigenvalue weighted by Gasteiger charge is 2.24. The number of likely N-dealkylation sites (N-methyl/N-ethyl adjacent to an activating group) is 1. The number of carbonyl (C=O) groups is 1. The zero-order chi connectivity index (χ0) is 16.0. The van der Waals surface area contributed by atoms with Crippen LogP contribution in [0.4, 0.5) is 0 Å². The molecule has 0 atom stereocenters. The molecule has 0 saturated heterocycles. The minimum Gasteiger partial charge on any atom is -0.355 e. The lowest BCUT2D eigenvalue weighted by Crippen LogP contribution is -2.38. The first kappa shape index (κ1) is 18.4. The summed E-state index contributed by atoms with van der Waals surface area (Å²) in [5.41, 5.74) is 0.